The minimum absolute atomic E-state index is 0.234. The topological polar surface area (TPSA) is 26.0 Å². The predicted molar refractivity (Wildman–Crippen MR) is 56.9 cm³/mol. The SMILES string of the molecule is Cc1ccc(F)c(/C=C/CN)c1Br. The highest BCUT2D eigenvalue weighted by atomic mass is 79.9. The summed E-state index contributed by atoms with van der Waals surface area (Å²) in [7, 11) is 0. The molecule has 0 amide bonds. The summed E-state index contributed by atoms with van der Waals surface area (Å²) in [5, 5.41) is 0. The van der Waals surface area contributed by atoms with Crippen LogP contribution < -0.4 is 5.73 Å². The largest absolute Gasteiger partial charge is 0.327 e. The van der Waals surface area contributed by atoms with E-state index in [2.05, 4.69) is 15.9 Å². The van der Waals surface area contributed by atoms with E-state index in [1.54, 1.807) is 18.2 Å². The number of hydrogen-bond donors (Lipinski definition) is 1. The van der Waals surface area contributed by atoms with Gasteiger partial charge in [0.05, 0.1) is 0 Å². The molecule has 1 nitrogen and oxygen atoms in total. The van der Waals surface area contributed by atoms with Gasteiger partial charge >= 0.3 is 0 Å². The van der Waals surface area contributed by atoms with Gasteiger partial charge in [-0.05, 0) is 34.5 Å². The van der Waals surface area contributed by atoms with Gasteiger partial charge in [-0.15, -0.1) is 0 Å². The van der Waals surface area contributed by atoms with Crippen molar-refractivity contribution in [3.8, 4) is 0 Å². The summed E-state index contributed by atoms with van der Waals surface area (Å²) in [5.41, 5.74) is 6.86. The first-order valence-corrected chi connectivity index (χ1v) is 4.77. The van der Waals surface area contributed by atoms with Gasteiger partial charge < -0.3 is 5.73 Å². The second-order valence-corrected chi connectivity index (χ2v) is 3.52. The summed E-state index contributed by atoms with van der Waals surface area (Å²) in [5.74, 6) is -0.234. The van der Waals surface area contributed by atoms with E-state index < -0.39 is 0 Å². The van der Waals surface area contributed by atoms with Crippen molar-refractivity contribution in [1.82, 2.24) is 0 Å². The Morgan fingerprint density at radius 3 is 2.85 bits per heavy atom. The van der Waals surface area contributed by atoms with E-state index in [1.807, 2.05) is 6.92 Å². The van der Waals surface area contributed by atoms with Crippen LogP contribution in [0.15, 0.2) is 22.7 Å². The highest BCUT2D eigenvalue weighted by molar-refractivity contribution is 9.10. The molecule has 0 aliphatic heterocycles. The zero-order chi connectivity index (χ0) is 9.84. The van der Waals surface area contributed by atoms with E-state index in [4.69, 9.17) is 5.73 Å². The molecule has 2 N–H and O–H groups in total. The van der Waals surface area contributed by atoms with E-state index in [-0.39, 0.29) is 5.82 Å². The van der Waals surface area contributed by atoms with Gasteiger partial charge in [-0.1, -0.05) is 18.2 Å². The van der Waals surface area contributed by atoms with E-state index in [0.717, 1.165) is 10.0 Å². The zero-order valence-corrected chi connectivity index (χ0v) is 8.94. The van der Waals surface area contributed by atoms with Crippen LogP contribution in [0.25, 0.3) is 6.08 Å². The maximum absolute atomic E-state index is 13.2. The number of aryl methyl sites for hydroxylation is 1. The number of nitrogens with two attached hydrogens (primary N) is 1. The Labute approximate surface area is 85.6 Å². The second-order valence-electron chi connectivity index (χ2n) is 2.73. The molecule has 13 heavy (non-hydrogen) atoms. The zero-order valence-electron chi connectivity index (χ0n) is 7.35. The molecule has 0 aliphatic carbocycles. The molecule has 0 atom stereocenters. The molecule has 1 rings (SSSR count). The average molecular weight is 244 g/mol. The molecule has 1 aromatic rings. The van der Waals surface area contributed by atoms with Crippen LogP contribution in [0.4, 0.5) is 4.39 Å². The van der Waals surface area contributed by atoms with Crippen molar-refractivity contribution >= 4 is 22.0 Å². The van der Waals surface area contributed by atoms with E-state index >= 15 is 0 Å². The Hall–Kier alpha value is -0.670. The fourth-order valence-corrected chi connectivity index (χ4v) is 1.47. The molecule has 0 unspecified atom stereocenters. The van der Waals surface area contributed by atoms with E-state index in [1.165, 1.54) is 6.07 Å². The third kappa shape index (κ3) is 2.39. The number of halogens is 2. The van der Waals surface area contributed by atoms with E-state index in [0.29, 0.717) is 12.1 Å². The minimum Gasteiger partial charge on any atom is -0.327 e. The lowest BCUT2D eigenvalue weighted by Gasteiger charge is -2.03. The van der Waals surface area contributed by atoms with Crippen LogP contribution in [0, 0.1) is 12.7 Å². The number of benzene rings is 1. The summed E-state index contributed by atoms with van der Waals surface area (Å²) in [6, 6.07) is 3.19. The lowest BCUT2D eigenvalue weighted by molar-refractivity contribution is 0.623. The Morgan fingerprint density at radius 1 is 1.54 bits per heavy atom. The molecule has 0 saturated carbocycles. The van der Waals surface area contributed by atoms with Crippen LogP contribution in [-0.2, 0) is 0 Å². The normalized spacial score (nSPS) is 11.1. The third-order valence-electron chi connectivity index (χ3n) is 1.74. The van der Waals surface area contributed by atoms with Gasteiger partial charge in [-0.3, -0.25) is 0 Å². The molecule has 3 heteroatoms. The van der Waals surface area contributed by atoms with Crippen molar-refractivity contribution < 1.29 is 4.39 Å². The summed E-state index contributed by atoms with van der Waals surface area (Å²) in [6.45, 7) is 2.34. The Balaban J connectivity index is 3.17. The standard InChI is InChI=1S/C10H11BrFN/c1-7-4-5-9(12)8(10(7)11)3-2-6-13/h2-5H,6,13H2,1H3/b3-2+. The lowest BCUT2D eigenvalue weighted by Crippen LogP contribution is -1.93. The summed E-state index contributed by atoms with van der Waals surface area (Å²) in [6.07, 6.45) is 3.41. The highest BCUT2D eigenvalue weighted by Crippen LogP contribution is 2.24. The third-order valence-corrected chi connectivity index (χ3v) is 2.79. The fraction of sp³-hybridized carbons (Fsp3) is 0.200. The first-order chi connectivity index (χ1) is 6.16. The average Bonchev–Trinajstić information content (AvgIpc) is 2.12. The van der Waals surface area contributed by atoms with Crippen LogP contribution in [0.2, 0.25) is 0 Å². The van der Waals surface area contributed by atoms with Crippen molar-refractivity contribution in [3.63, 3.8) is 0 Å². The molecular weight excluding hydrogens is 233 g/mol. The van der Waals surface area contributed by atoms with Crippen LogP contribution in [0.1, 0.15) is 11.1 Å². The molecule has 1 aromatic carbocycles. The maximum atomic E-state index is 13.2. The van der Waals surface area contributed by atoms with E-state index in [9.17, 15) is 4.39 Å². The van der Waals surface area contributed by atoms with Crippen LogP contribution in [-0.4, -0.2) is 6.54 Å². The molecular formula is C10H11BrFN. The smallest absolute Gasteiger partial charge is 0.131 e. The fourth-order valence-electron chi connectivity index (χ4n) is 1.02. The van der Waals surface area contributed by atoms with Crippen molar-refractivity contribution in [3.05, 3.63) is 39.6 Å². The van der Waals surface area contributed by atoms with Crippen molar-refractivity contribution in [1.29, 1.82) is 0 Å². The van der Waals surface area contributed by atoms with Crippen molar-refractivity contribution in [2.45, 2.75) is 6.92 Å². The summed E-state index contributed by atoms with van der Waals surface area (Å²) < 4.78 is 14.0. The Bertz CT molecular complexity index is 334. The van der Waals surface area contributed by atoms with Gasteiger partial charge in [0.2, 0.25) is 0 Å². The Kier molecular flexibility index (Phi) is 3.63. The maximum Gasteiger partial charge on any atom is 0.131 e. The molecule has 0 radical (unpaired) electrons. The first-order valence-electron chi connectivity index (χ1n) is 3.98. The molecule has 0 bridgehead atoms. The quantitative estimate of drug-likeness (QED) is 0.850. The molecule has 0 aromatic heterocycles. The van der Waals surface area contributed by atoms with Gasteiger partial charge in [0.25, 0.3) is 0 Å². The molecule has 0 saturated heterocycles. The second kappa shape index (κ2) is 4.53. The molecule has 0 aliphatic rings. The van der Waals surface area contributed by atoms with Crippen LogP contribution >= 0.6 is 15.9 Å². The van der Waals surface area contributed by atoms with Crippen molar-refractivity contribution in [2.24, 2.45) is 5.73 Å². The molecule has 0 fully saturated rings. The van der Waals surface area contributed by atoms with Gasteiger partial charge in [-0.2, -0.15) is 0 Å². The minimum atomic E-state index is -0.234. The number of hydrogen-bond acceptors (Lipinski definition) is 1. The summed E-state index contributed by atoms with van der Waals surface area (Å²) >= 11 is 3.33. The molecule has 0 spiro atoms. The monoisotopic (exact) mass is 243 g/mol. The van der Waals surface area contributed by atoms with Gasteiger partial charge in [0, 0.05) is 16.6 Å². The molecule has 0 heterocycles. The Morgan fingerprint density at radius 2 is 2.23 bits per heavy atom. The van der Waals surface area contributed by atoms with Crippen LogP contribution in [0.5, 0.6) is 0 Å². The van der Waals surface area contributed by atoms with Gasteiger partial charge in [-0.25, -0.2) is 4.39 Å². The number of rotatable bonds is 2. The van der Waals surface area contributed by atoms with Gasteiger partial charge in [0.15, 0.2) is 0 Å². The molecule has 70 valence electrons. The van der Waals surface area contributed by atoms with Crippen LogP contribution in [0.3, 0.4) is 0 Å². The first kappa shape index (κ1) is 10.4. The summed E-state index contributed by atoms with van der Waals surface area (Å²) in [4.78, 5) is 0. The van der Waals surface area contributed by atoms with Gasteiger partial charge in [0.1, 0.15) is 5.82 Å². The lowest BCUT2D eigenvalue weighted by atomic mass is 10.1. The highest BCUT2D eigenvalue weighted by Gasteiger charge is 2.05. The van der Waals surface area contributed by atoms with Crippen molar-refractivity contribution in [2.75, 3.05) is 6.54 Å². The predicted octanol–water partition coefficient (Wildman–Crippen LogP) is 2.87.